The monoisotopic (exact) mass is 548 g/mol. The number of para-hydroxylation sites is 1. The maximum atomic E-state index is 12.0. The van der Waals surface area contributed by atoms with E-state index in [0.29, 0.717) is 11.5 Å². The molecule has 162 valence electrons. The highest BCUT2D eigenvalue weighted by atomic mass is 79.9. The van der Waals surface area contributed by atoms with Gasteiger partial charge in [-0.05, 0) is 62.4 Å². The SMILES string of the molecule is CC(C)c1ccccc1OCC(=O)NNC(=O)COc1ccc2cc(Br)ccc2c1Br. The van der Waals surface area contributed by atoms with Gasteiger partial charge in [0.2, 0.25) is 0 Å². The minimum absolute atomic E-state index is 0.212. The zero-order valence-corrected chi connectivity index (χ0v) is 20.2. The van der Waals surface area contributed by atoms with Crippen LogP contribution in [0.15, 0.2) is 63.5 Å². The number of carbonyl (C=O) groups is 2. The fraction of sp³-hybridized carbons (Fsp3) is 0.217. The number of nitrogens with one attached hydrogen (secondary N) is 2. The largest absolute Gasteiger partial charge is 0.483 e. The Morgan fingerprint density at radius 1 is 0.871 bits per heavy atom. The van der Waals surface area contributed by atoms with Crippen molar-refractivity contribution in [1.29, 1.82) is 0 Å². The van der Waals surface area contributed by atoms with Crippen LogP contribution in [0.25, 0.3) is 10.8 Å². The van der Waals surface area contributed by atoms with Crippen LogP contribution >= 0.6 is 31.9 Å². The molecule has 0 heterocycles. The Bertz CT molecular complexity index is 1100. The molecule has 0 aliphatic carbocycles. The fourth-order valence-corrected chi connectivity index (χ4v) is 3.93. The van der Waals surface area contributed by atoms with E-state index in [1.54, 1.807) is 6.07 Å². The molecule has 3 aromatic rings. The number of benzene rings is 3. The molecule has 0 bridgehead atoms. The van der Waals surface area contributed by atoms with Crippen molar-refractivity contribution < 1.29 is 19.1 Å². The minimum atomic E-state index is -0.487. The first-order valence-corrected chi connectivity index (χ1v) is 11.2. The third-order valence-corrected chi connectivity index (χ3v) is 5.79. The summed E-state index contributed by atoms with van der Waals surface area (Å²) in [6.45, 7) is 3.64. The van der Waals surface area contributed by atoms with Crippen LogP contribution in [-0.4, -0.2) is 25.0 Å². The highest BCUT2D eigenvalue weighted by Crippen LogP contribution is 2.34. The summed E-state index contributed by atoms with van der Waals surface area (Å²) in [6.07, 6.45) is 0. The van der Waals surface area contributed by atoms with Crippen LogP contribution < -0.4 is 20.3 Å². The summed E-state index contributed by atoms with van der Waals surface area (Å²) in [5.74, 6) is 0.496. The van der Waals surface area contributed by atoms with Gasteiger partial charge in [-0.1, -0.05) is 60.1 Å². The van der Waals surface area contributed by atoms with Crippen molar-refractivity contribution in [2.24, 2.45) is 0 Å². The van der Waals surface area contributed by atoms with Gasteiger partial charge in [-0.25, -0.2) is 0 Å². The lowest BCUT2D eigenvalue weighted by Crippen LogP contribution is -2.45. The Morgan fingerprint density at radius 3 is 2.19 bits per heavy atom. The molecule has 0 atom stereocenters. The van der Waals surface area contributed by atoms with Crippen molar-refractivity contribution in [1.82, 2.24) is 10.9 Å². The van der Waals surface area contributed by atoms with E-state index in [2.05, 4.69) is 56.6 Å². The van der Waals surface area contributed by atoms with E-state index >= 15 is 0 Å². The Labute approximate surface area is 197 Å². The highest BCUT2D eigenvalue weighted by Gasteiger charge is 2.12. The molecular formula is C23H22Br2N2O4. The van der Waals surface area contributed by atoms with E-state index in [4.69, 9.17) is 9.47 Å². The van der Waals surface area contributed by atoms with Crippen LogP contribution in [0.3, 0.4) is 0 Å². The third-order valence-electron chi connectivity index (χ3n) is 4.48. The van der Waals surface area contributed by atoms with Crippen LogP contribution in [0.4, 0.5) is 0 Å². The maximum Gasteiger partial charge on any atom is 0.276 e. The zero-order chi connectivity index (χ0) is 22.4. The Balaban J connectivity index is 1.47. The van der Waals surface area contributed by atoms with Crippen LogP contribution in [0.2, 0.25) is 0 Å². The van der Waals surface area contributed by atoms with E-state index in [0.717, 1.165) is 25.3 Å². The number of fused-ring (bicyclic) bond motifs is 1. The summed E-state index contributed by atoms with van der Waals surface area (Å²) in [5.41, 5.74) is 5.67. The average Bonchev–Trinajstić information content (AvgIpc) is 2.75. The van der Waals surface area contributed by atoms with Gasteiger partial charge in [-0.3, -0.25) is 20.4 Å². The van der Waals surface area contributed by atoms with Gasteiger partial charge in [-0.2, -0.15) is 0 Å². The number of halogens is 2. The Kier molecular flexibility index (Phi) is 7.92. The molecule has 31 heavy (non-hydrogen) atoms. The number of hydrogen-bond acceptors (Lipinski definition) is 4. The lowest BCUT2D eigenvalue weighted by atomic mass is 10.0. The molecule has 0 aromatic heterocycles. The lowest BCUT2D eigenvalue weighted by Gasteiger charge is -2.14. The standard InChI is InChI=1S/C23H22Br2N2O4/c1-14(2)17-5-3-4-6-19(17)30-12-21(28)26-27-22(29)13-31-20-10-7-15-11-16(24)8-9-18(15)23(20)25/h3-11,14H,12-13H2,1-2H3,(H,26,28)(H,27,29). The van der Waals surface area contributed by atoms with Crippen molar-refractivity contribution in [2.45, 2.75) is 19.8 Å². The highest BCUT2D eigenvalue weighted by molar-refractivity contribution is 9.11. The summed E-state index contributed by atoms with van der Waals surface area (Å²) in [7, 11) is 0. The normalized spacial score (nSPS) is 10.7. The summed E-state index contributed by atoms with van der Waals surface area (Å²) in [5, 5.41) is 2.00. The molecule has 0 fully saturated rings. The number of amides is 2. The fourth-order valence-electron chi connectivity index (χ4n) is 2.94. The van der Waals surface area contributed by atoms with Gasteiger partial charge in [0.1, 0.15) is 11.5 Å². The molecule has 0 unspecified atom stereocenters. The smallest absolute Gasteiger partial charge is 0.276 e. The van der Waals surface area contributed by atoms with Gasteiger partial charge in [0.05, 0.1) is 4.47 Å². The maximum absolute atomic E-state index is 12.0. The van der Waals surface area contributed by atoms with Crippen molar-refractivity contribution in [3.05, 3.63) is 69.1 Å². The van der Waals surface area contributed by atoms with Crippen molar-refractivity contribution in [2.75, 3.05) is 13.2 Å². The number of carbonyl (C=O) groups excluding carboxylic acids is 2. The van der Waals surface area contributed by atoms with Crippen LogP contribution in [0.1, 0.15) is 25.3 Å². The van der Waals surface area contributed by atoms with E-state index < -0.39 is 11.8 Å². The van der Waals surface area contributed by atoms with Gasteiger partial charge in [0.25, 0.3) is 11.8 Å². The summed E-state index contributed by atoms with van der Waals surface area (Å²) in [4.78, 5) is 24.0. The molecule has 0 aliphatic heterocycles. The second-order valence-electron chi connectivity index (χ2n) is 7.11. The number of ether oxygens (including phenoxy) is 2. The first-order valence-electron chi connectivity index (χ1n) is 9.65. The van der Waals surface area contributed by atoms with E-state index in [1.807, 2.05) is 48.5 Å². The van der Waals surface area contributed by atoms with Gasteiger partial charge < -0.3 is 9.47 Å². The first kappa shape index (κ1) is 23.1. The molecular weight excluding hydrogens is 528 g/mol. The Morgan fingerprint density at radius 2 is 1.52 bits per heavy atom. The zero-order valence-electron chi connectivity index (χ0n) is 17.1. The molecule has 0 saturated heterocycles. The predicted molar refractivity (Wildman–Crippen MR) is 127 cm³/mol. The van der Waals surface area contributed by atoms with E-state index in [1.165, 1.54) is 0 Å². The third kappa shape index (κ3) is 6.21. The summed E-state index contributed by atoms with van der Waals surface area (Å²) >= 11 is 6.96. The molecule has 8 heteroatoms. The molecule has 0 spiro atoms. The molecule has 0 radical (unpaired) electrons. The van der Waals surface area contributed by atoms with Crippen LogP contribution in [0, 0.1) is 0 Å². The van der Waals surface area contributed by atoms with Gasteiger partial charge >= 0.3 is 0 Å². The van der Waals surface area contributed by atoms with Crippen molar-refractivity contribution in [3.63, 3.8) is 0 Å². The van der Waals surface area contributed by atoms with Crippen LogP contribution in [0.5, 0.6) is 11.5 Å². The second-order valence-corrected chi connectivity index (χ2v) is 8.82. The summed E-state index contributed by atoms with van der Waals surface area (Å²) in [6, 6.07) is 17.1. The van der Waals surface area contributed by atoms with E-state index in [-0.39, 0.29) is 19.1 Å². The number of hydrogen-bond donors (Lipinski definition) is 2. The Hall–Kier alpha value is -2.58. The average molecular weight is 550 g/mol. The quantitative estimate of drug-likeness (QED) is 0.402. The molecule has 3 aromatic carbocycles. The number of hydrazine groups is 1. The van der Waals surface area contributed by atoms with Gasteiger partial charge in [0, 0.05) is 4.47 Å². The first-order chi connectivity index (χ1) is 14.8. The molecule has 2 N–H and O–H groups in total. The lowest BCUT2D eigenvalue weighted by molar-refractivity contribution is -0.131. The predicted octanol–water partition coefficient (Wildman–Crippen LogP) is 5.09. The number of rotatable bonds is 7. The minimum Gasteiger partial charge on any atom is -0.483 e. The van der Waals surface area contributed by atoms with Gasteiger partial charge in [-0.15, -0.1) is 0 Å². The topological polar surface area (TPSA) is 76.7 Å². The molecule has 2 amide bonds. The van der Waals surface area contributed by atoms with Gasteiger partial charge in [0.15, 0.2) is 13.2 Å². The molecule has 3 rings (SSSR count). The van der Waals surface area contributed by atoms with Crippen LogP contribution in [-0.2, 0) is 9.59 Å². The van der Waals surface area contributed by atoms with Crippen molar-refractivity contribution in [3.8, 4) is 11.5 Å². The van der Waals surface area contributed by atoms with E-state index in [9.17, 15) is 9.59 Å². The molecule has 6 nitrogen and oxygen atoms in total. The van der Waals surface area contributed by atoms with Crippen molar-refractivity contribution >= 4 is 54.4 Å². The molecule has 0 aliphatic rings. The summed E-state index contributed by atoms with van der Waals surface area (Å²) < 4.78 is 12.9. The second kappa shape index (κ2) is 10.6. The molecule has 0 saturated carbocycles.